The maximum Gasteiger partial charge on any atom is 0.216 e. The molecule has 0 N–H and O–H groups in total. The lowest BCUT2D eigenvalue weighted by Gasteiger charge is -2.12. The summed E-state index contributed by atoms with van der Waals surface area (Å²) in [6.07, 6.45) is 0. The van der Waals surface area contributed by atoms with Gasteiger partial charge in [-0.3, -0.25) is 0 Å². The largest absolute Gasteiger partial charge is 0.481 e. The minimum absolute atomic E-state index is 0.619. The fraction of sp³-hybridized carbons (Fsp3) is 0.375. The van der Waals surface area contributed by atoms with Crippen LogP contribution in [0.15, 0.2) is 16.6 Å². The summed E-state index contributed by atoms with van der Waals surface area (Å²) in [7, 11) is 5.48. The van der Waals surface area contributed by atoms with Gasteiger partial charge in [0.15, 0.2) is 0 Å². The molecule has 0 aromatic carbocycles. The van der Waals surface area contributed by atoms with E-state index in [1.165, 1.54) is 0 Å². The zero-order chi connectivity index (χ0) is 9.14. The third kappa shape index (κ3) is 2.11. The van der Waals surface area contributed by atoms with Crippen molar-refractivity contribution in [3.05, 3.63) is 16.6 Å². The molecule has 1 rings (SSSR count). The Morgan fingerprint density at radius 2 is 2.08 bits per heavy atom. The molecule has 0 aliphatic rings. The third-order valence-corrected chi connectivity index (χ3v) is 1.88. The average molecular weight is 231 g/mol. The second-order valence-corrected chi connectivity index (χ2v) is 3.50. The molecule has 0 bridgehead atoms. The lowest BCUT2D eigenvalue weighted by molar-refractivity contribution is 0.398. The Balaban J connectivity index is 3.06. The summed E-state index contributed by atoms with van der Waals surface area (Å²) >= 11 is 3.38. The molecule has 0 aliphatic heterocycles. The van der Waals surface area contributed by atoms with Gasteiger partial charge in [0, 0.05) is 24.6 Å². The highest BCUT2D eigenvalue weighted by Gasteiger charge is 2.01. The first-order valence-electron chi connectivity index (χ1n) is 3.52. The Hall–Kier alpha value is -0.770. The molecule has 0 amide bonds. The summed E-state index contributed by atoms with van der Waals surface area (Å²) in [6, 6.07) is 3.76. The van der Waals surface area contributed by atoms with Crippen molar-refractivity contribution in [3.63, 3.8) is 0 Å². The molecule has 12 heavy (non-hydrogen) atoms. The van der Waals surface area contributed by atoms with Crippen LogP contribution in [0.2, 0.25) is 0 Å². The summed E-state index contributed by atoms with van der Waals surface area (Å²) < 4.78 is 5.99. The fourth-order valence-electron chi connectivity index (χ4n) is 0.794. The van der Waals surface area contributed by atoms with Gasteiger partial charge in [-0.25, -0.2) is 0 Å². The van der Waals surface area contributed by atoms with Crippen LogP contribution in [0.25, 0.3) is 0 Å². The number of rotatable bonds is 2. The number of aromatic nitrogens is 1. The van der Waals surface area contributed by atoms with Gasteiger partial charge in [0.25, 0.3) is 0 Å². The summed E-state index contributed by atoms with van der Waals surface area (Å²) in [6.45, 7) is 0. The Labute approximate surface area is 80.5 Å². The van der Waals surface area contributed by atoms with Crippen molar-refractivity contribution >= 4 is 21.7 Å². The quantitative estimate of drug-likeness (QED) is 0.777. The van der Waals surface area contributed by atoms with Gasteiger partial charge in [-0.1, -0.05) is 15.9 Å². The SMILES string of the molecule is COc1cc(Br)cc(N(C)C)n1. The smallest absolute Gasteiger partial charge is 0.216 e. The maximum atomic E-state index is 5.02. The molecule has 66 valence electrons. The molecule has 0 saturated carbocycles. The summed E-state index contributed by atoms with van der Waals surface area (Å²) in [5.74, 6) is 1.49. The Morgan fingerprint density at radius 1 is 1.42 bits per heavy atom. The van der Waals surface area contributed by atoms with E-state index in [2.05, 4.69) is 20.9 Å². The zero-order valence-corrected chi connectivity index (χ0v) is 8.92. The van der Waals surface area contributed by atoms with Gasteiger partial charge in [-0.15, -0.1) is 0 Å². The maximum absolute atomic E-state index is 5.02. The second kappa shape index (κ2) is 3.76. The van der Waals surface area contributed by atoms with E-state index in [0.29, 0.717) is 5.88 Å². The van der Waals surface area contributed by atoms with Crippen LogP contribution in [0.5, 0.6) is 5.88 Å². The summed E-state index contributed by atoms with van der Waals surface area (Å²) in [4.78, 5) is 6.15. The number of pyridine rings is 1. The molecule has 0 unspecified atom stereocenters. The molecular formula is C8H11BrN2O. The van der Waals surface area contributed by atoms with E-state index in [9.17, 15) is 0 Å². The predicted molar refractivity (Wildman–Crippen MR) is 52.8 cm³/mol. The Kier molecular flexibility index (Phi) is 2.92. The minimum Gasteiger partial charge on any atom is -0.481 e. The molecule has 0 radical (unpaired) electrons. The van der Waals surface area contributed by atoms with Gasteiger partial charge in [0.2, 0.25) is 5.88 Å². The van der Waals surface area contributed by atoms with E-state index in [1.807, 2.05) is 31.1 Å². The topological polar surface area (TPSA) is 25.4 Å². The van der Waals surface area contributed by atoms with Crippen LogP contribution in [-0.2, 0) is 0 Å². The van der Waals surface area contributed by atoms with Crippen LogP contribution in [0.1, 0.15) is 0 Å². The van der Waals surface area contributed by atoms with Crippen molar-refractivity contribution < 1.29 is 4.74 Å². The van der Waals surface area contributed by atoms with Crippen molar-refractivity contribution in [1.82, 2.24) is 4.98 Å². The van der Waals surface area contributed by atoms with Crippen molar-refractivity contribution in [3.8, 4) is 5.88 Å². The first-order chi connectivity index (χ1) is 5.63. The van der Waals surface area contributed by atoms with Crippen molar-refractivity contribution in [2.45, 2.75) is 0 Å². The number of nitrogens with zero attached hydrogens (tertiary/aromatic N) is 2. The monoisotopic (exact) mass is 230 g/mol. The second-order valence-electron chi connectivity index (χ2n) is 2.58. The molecule has 0 aliphatic carbocycles. The Bertz CT molecular complexity index is 276. The van der Waals surface area contributed by atoms with Gasteiger partial charge < -0.3 is 9.64 Å². The number of hydrogen-bond donors (Lipinski definition) is 0. The van der Waals surface area contributed by atoms with Crippen molar-refractivity contribution in [2.24, 2.45) is 0 Å². The van der Waals surface area contributed by atoms with Crippen LogP contribution >= 0.6 is 15.9 Å². The summed E-state index contributed by atoms with van der Waals surface area (Å²) in [5, 5.41) is 0. The van der Waals surface area contributed by atoms with Crippen LogP contribution < -0.4 is 9.64 Å². The van der Waals surface area contributed by atoms with E-state index >= 15 is 0 Å². The standard InChI is InChI=1S/C8H11BrN2O/c1-11(2)7-4-6(9)5-8(10-7)12-3/h4-5H,1-3H3. The summed E-state index contributed by atoms with van der Waals surface area (Å²) in [5.41, 5.74) is 0. The van der Waals surface area contributed by atoms with E-state index in [0.717, 1.165) is 10.3 Å². The first-order valence-corrected chi connectivity index (χ1v) is 4.31. The van der Waals surface area contributed by atoms with Crippen LogP contribution in [0.4, 0.5) is 5.82 Å². The number of hydrogen-bond acceptors (Lipinski definition) is 3. The first kappa shape index (κ1) is 9.32. The molecule has 3 nitrogen and oxygen atoms in total. The van der Waals surface area contributed by atoms with Gasteiger partial charge in [-0.05, 0) is 6.07 Å². The van der Waals surface area contributed by atoms with E-state index < -0.39 is 0 Å². The minimum atomic E-state index is 0.619. The molecule has 1 heterocycles. The van der Waals surface area contributed by atoms with Gasteiger partial charge in [0.05, 0.1) is 7.11 Å². The number of ether oxygens (including phenoxy) is 1. The molecule has 4 heteroatoms. The molecule has 0 spiro atoms. The molecule has 1 aromatic rings. The lowest BCUT2D eigenvalue weighted by atomic mass is 10.4. The number of halogens is 1. The van der Waals surface area contributed by atoms with Crippen LogP contribution in [-0.4, -0.2) is 26.2 Å². The van der Waals surface area contributed by atoms with Crippen molar-refractivity contribution in [1.29, 1.82) is 0 Å². The van der Waals surface area contributed by atoms with E-state index in [4.69, 9.17) is 4.74 Å². The fourth-order valence-corrected chi connectivity index (χ4v) is 1.19. The highest BCUT2D eigenvalue weighted by Crippen LogP contribution is 2.21. The van der Waals surface area contributed by atoms with Crippen LogP contribution in [0.3, 0.4) is 0 Å². The number of methoxy groups -OCH3 is 1. The molecule has 1 aromatic heterocycles. The normalized spacial score (nSPS) is 9.67. The molecular weight excluding hydrogens is 220 g/mol. The number of anilines is 1. The molecule has 0 atom stereocenters. The zero-order valence-electron chi connectivity index (χ0n) is 7.34. The highest BCUT2D eigenvalue weighted by atomic mass is 79.9. The van der Waals surface area contributed by atoms with Gasteiger partial charge in [-0.2, -0.15) is 4.98 Å². The predicted octanol–water partition coefficient (Wildman–Crippen LogP) is 1.92. The molecule has 0 fully saturated rings. The van der Waals surface area contributed by atoms with Gasteiger partial charge in [0.1, 0.15) is 5.82 Å². The molecule has 0 saturated heterocycles. The third-order valence-electron chi connectivity index (χ3n) is 1.42. The van der Waals surface area contributed by atoms with E-state index in [1.54, 1.807) is 7.11 Å². The van der Waals surface area contributed by atoms with E-state index in [-0.39, 0.29) is 0 Å². The average Bonchev–Trinajstić information content (AvgIpc) is 2.03. The Morgan fingerprint density at radius 3 is 2.58 bits per heavy atom. The van der Waals surface area contributed by atoms with Crippen LogP contribution in [0, 0.1) is 0 Å². The highest BCUT2D eigenvalue weighted by molar-refractivity contribution is 9.10. The van der Waals surface area contributed by atoms with Gasteiger partial charge >= 0.3 is 0 Å². The van der Waals surface area contributed by atoms with Crippen molar-refractivity contribution in [2.75, 3.05) is 26.1 Å². The lowest BCUT2D eigenvalue weighted by Crippen LogP contribution is -2.10.